The first-order valence-electron chi connectivity index (χ1n) is 9.89. The van der Waals surface area contributed by atoms with E-state index in [4.69, 9.17) is 16.0 Å². The molecule has 2 aromatic carbocycles. The summed E-state index contributed by atoms with van der Waals surface area (Å²) >= 11 is 5.83. The second-order valence-electron chi connectivity index (χ2n) is 7.16. The third-order valence-corrected chi connectivity index (χ3v) is 5.27. The van der Waals surface area contributed by atoms with E-state index < -0.39 is 11.8 Å². The molecule has 0 saturated heterocycles. The number of hydrogen-bond donors (Lipinski definition) is 3. The van der Waals surface area contributed by atoms with Gasteiger partial charge in [0.25, 0.3) is 5.91 Å². The first-order chi connectivity index (χ1) is 15.0. The van der Waals surface area contributed by atoms with Gasteiger partial charge in [0, 0.05) is 28.1 Å². The van der Waals surface area contributed by atoms with Crippen LogP contribution in [0.25, 0.3) is 0 Å². The fourth-order valence-electron chi connectivity index (χ4n) is 3.49. The van der Waals surface area contributed by atoms with Gasteiger partial charge in [-0.05, 0) is 56.2 Å². The van der Waals surface area contributed by atoms with Crippen LogP contribution in [0.1, 0.15) is 50.6 Å². The first kappa shape index (κ1) is 20.7. The van der Waals surface area contributed by atoms with Crippen molar-refractivity contribution in [2.24, 2.45) is 5.10 Å². The molecule has 0 saturated carbocycles. The summed E-state index contributed by atoms with van der Waals surface area (Å²) in [5, 5.41) is 5.07. The van der Waals surface area contributed by atoms with Crippen molar-refractivity contribution >= 4 is 34.8 Å². The molecule has 0 spiro atoms. The summed E-state index contributed by atoms with van der Waals surface area (Å²) in [6.45, 7) is 1.82. The van der Waals surface area contributed by atoms with E-state index in [2.05, 4.69) is 21.4 Å². The van der Waals surface area contributed by atoms with Crippen molar-refractivity contribution in [2.45, 2.75) is 26.2 Å². The minimum atomic E-state index is -0.524. The smallest absolute Gasteiger partial charge is 0.305 e. The molecule has 2 amide bonds. The van der Waals surface area contributed by atoms with E-state index in [0.29, 0.717) is 16.1 Å². The summed E-state index contributed by atoms with van der Waals surface area (Å²) in [5.74, 6) is -0.0832. The summed E-state index contributed by atoms with van der Waals surface area (Å²) in [7, 11) is 0. The van der Waals surface area contributed by atoms with Crippen molar-refractivity contribution in [3.8, 4) is 0 Å². The summed E-state index contributed by atoms with van der Waals surface area (Å²) in [6.07, 6.45) is 2.39. The average molecular weight is 437 g/mol. The lowest BCUT2D eigenvalue weighted by atomic mass is 9.93. The van der Waals surface area contributed by atoms with E-state index in [0.717, 1.165) is 42.0 Å². The molecule has 31 heavy (non-hydrogen) atoms. The average Bonchev–Trinajstić information content (AvgIpc) is 3.14. The minimum Gasteiger partial charge on any atom is -0.455 e. The van der Waals surface area contributed by atoms with Gasteiger partial charge in [-0.1, -0.05) is 29.8 Å². The third-order valence-electron chi connectivity index (χ3n) is 5.02. The van der Waals surface area contributed by atoms with E-state index >= 15 is 0 Å². The van der Waals surface area contributed by atoms with Gasteiger partial charge in [0.05, 0.1) is 11.4 Å². The number of hydrazone groups is 1. The van der Waals surface area contributed by atoms with Crippen molar-refractivity contribution in [3.05, 3.63) is 87.8 Å². The van der Waals surface area contributed by atoms with Crippen molar-refractivity contribution in [2.75, 3.05) is 5.43 Å². The molecule has 0 unspecified atom stereocenters. The fraction of sp³-hybridized carbons (Fsp3) is 0.174. The number of para-hydroxylation sites is 1. The normalized spacial score (nSPS) is 14.1. The number of carbonyl (C=O) groups is 2. The largest absolute Gasteiger partial charge is 0.455 e. The van der Waals surface area contributed by atoms with Crippen LogP contribution in [-0.2, 0) is 6.42 Å². The molecular formula is C23H21ClN4O3. The topological polar surface area (TPSA) is 95.7 Å². The SMILES string of the molecule is Cc1c(C(=O)NNC(=O)c2ccc(Cl)cc2)oc2c1/C(=N/Nc1ccccc1)CCC2. The quantitative estimate of drug-likeness (QED) is 0.526. The molecule has 0 fully saturated rings. The highest BCUT2D eigenvalue weighted by atomic mass is 35.5. The van der Waals surface area contributed by atoms with Crippen LogP contribution in [0.2, 0.25) is 5.02 Å². The Labute approximate surface area is 184 Å². The summed E-state index contributed by atoms with van der Waals surface area (Å²) in [5.41, 5.74) is 11.5. The van der Waals surface area contributed by atoms with E-state index in [1.807, 2.05) is 37.3 Å². The van der Waals surface area contributed by atoms with Gasteiger partial charge in [-0.25, -0.2) is 0 Å². The Morgan fingerprint density at radius 1 is 0.968 bits per heavy atom. The van der Waals surface area contributed by atoms with Gasteiger partial charge in [-0.2, -0.15) is 5.10 Å². The lowest BCUT2D eigenvalue weighted by Gasteiger charge is -2.13. The molecule has 3 N–H and O–H groups in total. The Kier molecular flexibility index (Phi) is 6.04. The number of aryl methyl sites for hydroxylation is 1. The standard InChI is InChI=1S/C23H21ClN4O3/c1-14-20-18(26-25-17-6-3-2-4-7-17)8-5-9-19(20)31-21(14)23(30)28-27-22(29)15-10-12-16(24)13-11-15/h2-4,6-7,10-13,25H,5,8-9H2,1H3,(H,27,29)(H,28,30)/b26-18+. The Bertz CT molecular complexity index is 1140. The van der Waals surface area contributed by atoms with Gasteiger partial charge in [-0.3, -0.25) is 25.9 Å². The molecule has 7 nitrogen and oxygen atoms in total. The molecule has 0 atom stereocenters. The third kappa shape index (κ3) is 4.62. The van der Waals surface area contributed by atoms with Gasteiger partial charge in [-0.15, -0.1) is 0 Å². The molecule has 1 heterocycles. The number of anilines is 1. The number of carbonyl (C=O) groups excluding carboxylic acids is 2. The Balaban J connectivity index is 1.48. The molecule has 0 aliphatic heterocycles. The zero-order chi connectivity index (χ0) is 21.8. The maximum absolute atomic E-state index is 12.7. The second kappa shape index (κ2) is 9.06. The Morgan fingerprint density at radius 3 is 2.42 bits per heavy atom. The summed E-state index contributed by atoms with van der Waals surface area (Å²) < 4.78 is 5.85. The number of halogens is 1. The summed E-state index contributed by atoms with van der Waals surface area (Å²) in [4.78, 5) is 24.9. The lowest BCUT2D eigenvalue weighted by molar-refractivity contribution is 0.0829. The number of nitrogens with zero attached hydrogens (tertiary/aromatic N) is 1. The maximum atomic E-state index is 12.7. The number of rotatable bonds is 4. The van der Waals surface area contributed by atoms with Crippen LogP contribution in [0.4, 0.5) is 5.69 Å². The van der Waals surface area contributed by atoms with E-state index in [1.54, 1.807) is 24.3 Å². The van der Waals surface area contributed by atoms with Crippen LogP contribution in [0.3, 0.4) is 0 Å². The molecular weight excluding hydrogens is 416 g/mol. The second-order valence-corrected chi connectivity index (χ2v) is 7.60. The Morgan fingerprint density at radius 2 is 1.68 bits per heavy atom. The number of furan rings is 1. The van der Waals surface area contributed by atoms with Gasteiger partial charge in [0.2, 0.25) is 0 Å². The predicted molar refractivity (Wildman–Crippen MR) is 119 cm³/mol. The molecule has 8 heteroatoms. The van der Waals surface area contributed by atoms with Crippen LogP contribution in [0.15, 0.2) is 64.1 Å². The van der Waals surface area contributed by atoms with Gasteiger partial charge in [0.15, 0.2) is 5.76 Å². The fourth-order valence-corrected chi connectivity index (χ4v) is 3.61. The molecule has 3 aromatic rings. The van der Waals surface area contributed by atoms with Gasteiger partial charge >= 0.3 is 5.91 Å². The van der Waals surface area contributed by atoms with Crippen molar-refractivity contribution < 1.29 is 14.0 Å². The molecule has 0 radical (unpaired) electrons. The number of benzene rings is 2. The zero-order valence-electron chi connectivity index (χ0n) is 16.9. The molecule has 1 aliphatic carbocycles. The molecule has 0 bridgehead atoms. The number of amides is 2. The maximum Gasteiger partial charge on any atom is 0.305 e. The number of nitrogens with one attached hydrogen (secondary N) is 3. The van der Waals surface area contributed by atoms with Crippen LogP contribution >= 0.6 is 11.6 Å². The van der Waals surface area contributed by atoms with Crippen LogP contribution in [0, 0.1) is 6.92 Å². The highest BCUT2D eigenvalue weighted by molar-refractivity contribution is 6.30. The Hall–Kier alpha value is -3.58. The number of hydrogen-bond acceptors (Lipinski definition) is 5. The highest BCUT2D eigenvalue weighted by Crippen LogP contribution is 2.30. The summed E-state index contributed by atoms with van der Waals surface area (Å²) in [6, 6.07) is 16.0. The predicted octanol–water partition coefficient (Wildman–Crippen LogP) is 4.47. The highest BCUT2D eigenvalue weighted by Gasteiger charge is 2.28. The van der Waals surface area contributed by atoms with Crippen LogP contribution < -0.4 is 16.3 Å². The van der Waals surface area contributed by atoms with Crippen molar-refractivity contribution in [1.29, 1.82) is 0 Å². The molecule has 1 aromatic heterocycles. The molecule has 158 valence electrons. The van der Waals surface area contributed by atoms with E-state index in [1.165, 1.54) is 0 Å². The van der Waals surface area contributed by atoms with Crippen LogP contribution in [-0.4, -0.2) is 17.5 Å². The zero-order valence-corrected chi connectivity index (χ0v) is 17.6. The van der Waals surface area contributed by atoms with Gasteiger partial charge < -0.3 is 4.42 Å². The minimum absolute atomic E-state index is 0.163. The van der Waals surface area contributed by atoms with Crippen molar-refractivity contribution in [3.63, 3.8) is 0 Å². The molecule has 4 rings (SSSR count). The van der Waals surface area contributed by atoms with Gasteiger partial charge in [0.1, 0.15) is 5.76 Å². The lowest BCUT2D eigenvalue weighted by Crippen LogP contribution is -2.41. The number of fused-ring (bicyclic) bond motifs is 1. The number of hydrazine groups is 1. The van der Waals surface area contributed by atoms with E-state index in [9.17, 15) is 9.59 Å². The molecule has 1 aliphatic rings. The monoisotopic (exact) mass is 436 g/mol. The van der Waals surface area contributed by atoms with Crippen molar-refractivity contribution in [1.82, 2.24) is 10.9 Å². The van der Waals surface area contributed by atoms with E-state index in [-0.39, 0.29) is 5.76 Å². The van der Waals surface area contributed by atoms with Crippen LogP contribution in [0.5, 0.6) is 0 Å². The first-order valence-corrected chi connectivity index (χ1v) is 10.3.